The highest BCUT2D eigenvalue weighted by molar-refractivity contribution is 5.16. The van der Waals surface area contributed by atoms with Gasteiger partial charge in [0.15, 0.2) is 0 Å². The summed E-state index contributed by atoms with van der Waals surface area (Å²) in [6.07, 6.45) is 4.31. The van der Waals surface area contributed by atoms with Crippen molar-refractivity contribution in [1.29, 1.82) is 0 Å². The topological polar surface area (TPSA) is 28.4 Å². The predicted molar refractivity (Wildman–Crippen MR) is 76.5 cm³/mol. The van der Waals surface area contributed by atoms with Crippen molar-refractivity contribution in [2.24, 2.45) is 0 Å². The molecule has 1 heterocycles. The zero-order valence-corrected chi connectivity index (χ0v) is 12.3. The first kappa shape index (κ1) is 15.3. The van der Waals surface area contributed by atoms with Gasteiger partial charge in [0.1, 0.15) is 5.76 Å². The van der Waals surface area contributed by atoms with Gasteiger partial charge in [-0.15, -0.1) is 0 Å². The van der Waals surface area contributed by atoms with Crippen molar-refractivity contribution < 1.29 is 4.42 Å². The van der Waals surface area contributed by atoms with Gasteiger partial charge in [0, 0.05) is 18.2 Å². The first-order valence-corrected chi connectivity index (χ1v) is 7.18. The molecule has 18 heavy (non-hydrogen) atoms. The molecule has 0 bridgehead atoms. The van der Waals surface area contributed by atoms with E-state index in [1.54, 1.807) is 6.26 Å². The van der Waals surface area contributed by atoms with Crippen LogP contribution in [0.1, 0.15) is 51.9 Å². The van der Waals surface area contributed by atoms with Crippen molar-refractivity contribution in [2.45, 2.75) is 59.7 Å². The Labute approximate surface area is 112 Å². The Bertz CT molecular complexity index is 320. The van der Waals surface area contributed by atoms with Crippen molar-refractivity contribution >= 4 is 0 Å². The summed E-state index contributed by atoms with van der Waals surface area (Å²) in [7, 11) is 0. The highest BCUT2D eigenvalue weighted by Gasteiger charge is 2.10. The highest BCUT2D eigenvalue weighted by atomic mass is 16.3. The Balaban J connectivity index is 2.51. The Morgan fingerprint density at radius 3 is 2.72 bits per heavy atom. The summed E-state index contributed by atoms with van der Waals surface area (Å²) in [4.78, 5) is 2.45. The summed E-state index contributed by atoms with van der Waals surface area (Å²) in [5.74, 6) is 1.11. The van der Waals surface area contributed by atoms with E-state index in [9.17, 15) is 0 Å². The summed E-state index contributed by atoms with van der Waals surface area (Å²) in [5, 5.41) is 3.44. The average molecular weight is 252 g/mol. The van der Waals surface area contributed by atoms with Crippen LogP contribution < -0.4 is 5.32 Å². The molecule has 0 aliphatic carbocycles. The zero-order chi connectivity index (χ0) is 13.4. The van der Waals surface area contributed by atoms with Crippen molar-refractivity contribution in [2.75, 3.05) is 13.1 Å². The van der Waals surface area contributed by atoms with Gasteiger partial charge in [-0.05, 0) is 25.6 Å². The molecule has 0 aliphatic rings. The minimum atomic E-state index is 0.509. The number of hydrogen-bond donors (Lipinski definition) is 1. The quantitative estimate of drug-likeness (QED) is 0.730. The molecular weight excluding hydrogens is 224 g/mol. The number of furan rings is 1. The Kier molecular flexibility index (Phi) is 7.06. The second kappa shape index (κ2) is 8.33. The van der Waals surface area contributed by atoms with Crippen LogP contribution in [0.4, 0.5) is 0 Å². The Hall–Kier alpha value is -0.800. The van der Waals surface area contributed by atoms with Gasteiger partial charge >= 0.3 is 0 Å². The van der Waals surface area contributed by atoms with Crippen LogP contribution in [0.5, 0.6) is 0 Å². The summed E-state index contributed by atoms with van der Waals surface area (Å²) < 4.78 is 5.63. The molecule has 1 aromatic heterocycles. The van der Waals surface area contributed by atoms with Gasteiger partial charge in [0.05, 0.1) is 12.8 Å². The smallest absolute Gasteiger partial charge is 0.122 e. The van der Waals surface area contributed by atoms with Gasteiger partial charge in [-0.25, -0.2) is 0 Å². The van der Waals surface area contributed by atoms with Crippen LogP contribution in [0.3, 0.4) is 0 Å². The van der Waals surface area contributed by atoms with E-state index in [0.717, 1.165) is 31.9 Å². The third kappa shape index (κ3) is 5.23. The lowest BCUT2D eigenvalue weighted by atomic mass is 10.2. The number of nitrogens with one attached hydrogen (secondary N) is 1. The lowest BCUT2D eigenvalue weighted by Gasteiger charge is -2.19. The highest BCUT2D eigenvalue weighted by Crippen LogP contribution is 2.14. The molecule has 104 valence electrons. The largest absolute Gasteiger partial charge is 0.468 e. The molecule has 0 spiro atoms. The molecule has 1 aromatic rings. The fourth-order valence-corrected chi connectivity index (χ4v) is 1.91. The lowest BCUT2D eigenvalue weighted by Crippen LogP contribution is -2.26. The maximum Gasteiger partial charge on any atom is 0.122 e. The molecule has 0 saturated carbocycles. The molecule has 3 heteroatoms. The van der Waals surface area contributed by atoms with E-state index in [2.05, 4.69) is 44.0 Å². The van der Waals surface area contributed by atoms with Gasteiger partial charge in [-0.1, -0.05) is 34.1 Å². The van der Waals surface area contributed by atoms with Crippen LogP contribution in [0.15, 0.2) is 16.7 Å². The maximum absolute atomic E-state index is 5.63. The van der Waals surface area contributed by atoms with Crippen LogP contribution in [0.25, 0.3) is 0 Å². The molecule has 3 nitrogen and oxygen atoms in total. The maximum atomic E-state index is 5.63. The fourth-order valence-electron chi connectivity index (χ4n) is 1.91. The molecule has 1 N–H and O–H groups in total. The summed E-state index contributed by atoms with van der Waals surface area (Å²) in [6, 6.07) is 2.59. The standard InChI is InChI=1S/C15H28N2O/c1-5-7-9-17(6-2)12-15-14(8-10-18-15)11-16-13(3)4/h8,10,13,16H,5-7,9,11-12H2,1-4H3. The van der Waals surface area contributed by atoms with Gasteiger partial charge in [-0.2, -0.15) is 0 Å². The minimum absolute atomic E-state index is 0.509. The molecule has 0 amide bonds. The fraction of sp³-hybridized carbons (Fsp3) is 0.733. The number of rotatable bonds is 9. The predicted octanol–water partition coefficient (Wildman–Crippen LogP) is 3.40. The molecular formula is C15H28N2O. The van der Waals surface area contributed by atoms with Crippen molar-refractivity contribution in [3.8, 4) is 0 Å². The SMILES string of the molecule is CCCCN(CC)Cc1occc1CNC(C)C. The van der Waals surface area contributed by atoms with Crippen LogP contribution in [-0.4, -0.2) is 24.0 Å². The monoisotopic (exact) mass is 252 g/mol. The summed E-state index contributed by atoms with van der Waals surface area (Å²) in [5.41, 5.74) is 1.29. The lowest BCUT2D eigenvalue weighted by molar-refractivity contribution is 0.250. The molecule has 0 saturated heterocycles. The number of hydrogen-bond acceptors (Lipinski definition) is 3. The van der Waals surface area contributed by atoms with E-state index in [-0.39, 0.29) is 0 Å². The van der Waals surface area contributed by atoms with E-state index in [0.29, 0.717) is 6.04 Å². The van der Waals surface area contributed by atoms with E-state index >= 15 is 0 Å². The Morgan fingerprint density at radius 2 is 2.11 bits per heavy atom. The molecule has 1 rings (SSSR count). The second-order valence-electron chi connectivity index (χ2n) is 5.13. The van der Waals surface area contributed by atoms with Crippen LogP contribution in [-0.2, 0) is 13.1 Å². The average Bonchev–Trinajstić information content (AvgIpc) is 2.79. The van der Waals surface area contributed by atoms with E-state index in [4.69, 9.17) is 4.42 Å². The van der Waals surface area contributed by atoms with Crippen LogP contribution >= 0.6 is 0 Å². The van der Waals surface area contributed by atoms with E-state index in [1.807, 2.05) is 0 Å². The molecule has 0 aromatic carbocycles. The van der Waals surface area contributed by atoms with Gasteiger partial charge in [0.25, 0.3) is 0 Å². The minimum Gasteiger partial charge on any atom is -0.468 e. The van der Waals surface area contributed by atoms with Crippen LogP contribution in [0.2, 0.25) is 0 Å². The molecule has 0 aliphatic heterocycles. The molecule has 0 unspecified atom stereocenters. The number of unbranched alkanes of at least 4 members (excludes halogenated alkanes) is 1. The normalized spacial score (nSPS) is 11.7. The van der Waals surface area contributed by atoms with Gasteiger partial charge in [0.2, 0.25) is 0 Å². The van der Waals surface area contributed by atoms with Gasteiger partial charge in [-0.3, -0.25) is 4.90 Å². The first-order valence-electron chi connectivity index (χ1n) is 7.18. The third-order valence-electron chi connectivity index (χ3n) is 3.18. The molecule has 0 radical (unpaired) electrons. The second-order valence-corrected chi connectivity index (χ2v) is 5.13. The van der Waals surface area contributed by atoms with E-state index in [1.165, 1.54) is 18.4 Å². The summed E-state index contributed by atoms with van der Waals surface area (Å²) in [6.45, 7) is 12.8. The van der Waals surface area contributed by atoms with Crippen molar-refractivity contribution in [3.05, 3.63) is 23.7 Å². The molecule has 0 fully saturated rings. The van der Waals surface area contributed by atoms with Crippen LogP contribution in [0, 0.1) is 0 Å². The zero-order valence-electron chi connectivity index (χ0n) is 12.3. The van der Waals surface area contributed by atoms with Crippen molar-refractivity contribution in [1.82, 2.24) is 10.2 Å². The summed E-state index contributed by atoms with van der Waals surface area (Å²) >= 11 is 0. The van der Waals surface area contributed by atoms with Crippen molar-refractivity contribution in [3.63, 3.8) is 0 Å². The molecule has 0 atom stereocenters. The van der Waals surface area contributed by atoms with Gasteiger partial charge < -0.3 is 9.73 Å². The first-order chi connectivity index (χ1) is 8.67. The third-order valence-corrected chi connectivity index (χ3v) is 3.18. The van der Waals surface area contributed by atoms with E-state index < -0.39 is 0 Å². The number of nitrogens with zero attached hydrogens (tertiary/aromatic N) is 1. The Morgan fingerprint density at radius 1 is 1.33 bits per heavy atom.